The lowest BCUT2D eigenvalue weighted by Gasteiger charge is -2.30. The number of sulfonamides is 1. The molecule has 0 saturated carbocycles. The molecule has 0 amide bonds. The van der Waals surface area contributed by atoms with Crippen molar-refractivity contribution in [3.05, 3.63) is 45.9 Å². The van der Waals surface area contributed by atoms with Crippen LogP contribution in [0.5, 0.6) is 0 Å². The van der Waals surface area contributed by atoms with Crippen LogP contribution < -0.4 is 5.56 Å². The summed E-state index contributed by atoms with van der Waals surface area (Å²) in [5.41, 5.74) is 1.89. The monoisotopic (exact) mass is 348 g/mol. The van der Waals surface area contributed by atoms with E-state index in [1.165, 1.54) is 10.6 Å². The van der Waals surface area contributed by atoms with E-state index in [0.29, 0.717) is 31.5 Å². The van der Waals surface area contributed by atoms with Crippen molar-refractivity contribution in [3.63, 3.8) is 0 Å². The van der Waals surface area contributed by atoms with Gasteiger partial charge in [0.15, 0.2) is 0 Å². The Kier molecular flexibility index (Phi) is 3.74. The number of pyridine rings is 1. The third-order valence-electron chi connectivity index (χ3n) is 5.15. The largest absolute Gasteiger partial charge is 0.373 e. The van der Waals surface area contributed by atoms with E-state index in [1.807, 2.05) is 24.3 Å². The third kappa shape index (κ3) is 2.66. The summed E-state index contributed by atoms with van der Waals surface area (Å²) in [6.07, 6.45) is 2.61. The second kappa shape index (κ2) is 5.68. The highest BCUT2D eigenvalue weighted by Crippen LogP contribution is 2.31. The molecule has 0 radical (unpaired) electrons. The van der Waals surface area contributed by atoms with Gasteiger partial charge in [-0.05, 0) is 17.9 Å². The van der Waals surface area contributed by atoms with Crippen molar-refractivity contribution in [2.45, 2.75) is 25.6 Å². The van der Waals surface area contributed by atoms with Crippen LogP contribution >= 0.6 is 0 Å². The van der Waals surface area contributed by atoms with Gasteiger partial charge in [-0.15, -0.1) is 0 Å². The molecule has 1 saturated heterocycles. The van der Waals surface area contributed by atoms with Crippen LogP contribution in [0.15, 0.2) is 29.1 Å². The van der Waals surface area contributed by atoms with Crippen LogP contribution in [0.25, 0.3) is 10.8 Å². The van der Waals surface area contributed by atoms with Crippen LogP contribution in [0.3, 0.4) is 0 Å². The van der Waals surface area contributed by atoms with Crippen molar-refractivity contribution in [1.29, 1.82) is 0 Å². The Morgan fingerprint density at radius 3 is 2.71 bits per heavy atom. The molecule has 0 bridgehead atoms. The lowest BCUT2D eigenvalue weighted by atomic mass is 9.92. The Balaban J connectivity index is 1.62. The number of aromatic amines is 1. The SMILES string of the molecule is CS(=O)(=O)N1CCC(C2Cc3[nH]c(=O)c4ccccc4c3CO2)C1. The average molecular weight is 348 g/mol. The zero-order valence-corrected chi connectivity index (χ0v) is 14.3. The summed E-state index contributed by atoms with van der Waals surface area (Å²) in [5, 5.41) is 1.63. The molecule has 4 rings (SSSR count). The van der Waals surface area contributed by atoms with Crippen LogP contribution in [0, 0.1) is 5.92 Å². The maximum atomic E-state index is 12.3. The minimum atomic E-state index is -3.15. The van der Waals surface area contributed by atoms with Gasteiger partial charge in [-0.25, -0.2) is 12.7 Å². The van der Waals surface area contributed by atoms with Gasteiger partial charge >= 0.3 is 0 Å². The molecule has 3 heterocycles. The highest BCUT2D eigenvalue weighted by molar-refractivity contribution is 7.88. The lowest BCUT2D eigenvalue weighted by molar-refractivity contribution is -0.00635. The molecule has 24 heavy (non-hydrogen) atoms. The zero-order chi connectivity index (χ0) is 16.9. The van der Waals surface area contributed by atoms with Crippen LogP contribution in [0.1, 0.15) is 17.7 Å². The summed E-state index contributed by atoms with van der Waals surface area (Å²) in [6, 6.07) is 7.55. The molecule has 2 atom stereocenters. The number of benzene rings is 1. The maximum absolute atomic E-state index is 12.3. The number of aromatic nitrogens is 1. The maximum Gasteiger partial charge on any atom is 0.256 e. The minimum Gasteiger partial charge on any atom is -0.373 e. The topological polar surface area (TPSA) is 79.5 Å². The molecule has 2 aliphatic rings. The number of nitrogens with one attached hydrogen (secondary N) is 1. The van der Waals surface area contributed by atoms with Gasteiger partial charge in [0.25, 0.3) is 5.56 Å². The Labute approximate surface area is 140 Å². The molecule has 7 heteroatoms. The Hall–Kier alpha value is -1.70. The molecule has 1 aromatic heterocycles. The van der Waals surface area contributed by atoms with E-state index in [9.17, 15) is 13.2 Å². The second-order valence-electron chi connectivity index (χ2n) is 6.68. The smallest absolute Gasteiger partial charge is 0.256 e. The number of H-pyrrole nitrogens is 1. The molecule has 2 aliphatic heterocycles. The Bertz CT molecular complexity index is 951. The quantitative estimate of drug-likeness (QED) is 0.886. The van der Waals surface area contributed by atoms with Gasteiger partial charge in [-0.3, -0.25) is 4.79 Å². The van der Waals surface area contributed by atoms with Crippen molar-refractivity contribution < 1.29 is 13.2 Å². The molecule has 0 aliphatic carbocycles. The fraction of sp³-hybridized carbons (Fsp3) is 0.471. The van der Waals surface area contributed by atoms with Gasteiger partial charge in [-0.1, -0.05) is 18.2 Å². The van der Waals surface area contributed by atoms with E-state index in [1.54, 1.807) is 0 Å². The van der Waals surface area contributed by atoms with E-state index < -0.39 is 10.0 Å². The van der Waals surface area contributed by atoms with Gasteiger partial charge in [-0.2, -0.15) is 0 Å². The molecule has 1 N–H and O–H groups in total. The van der Waals surface area contributed by atoms with Crippen molar-refractivity contribution in [1.82, 2.24) is 9.29 Å². The van der Waals surface area contributed by atoms with Crippen molar-refractivity contribution in [2.75, 3.05) is 19.3 Å². The summed E-state index contributed by atoms with van der Waals surface area (Å²) in [6.45, 7) is 1.49. The normalized spacial score (nSPS) is 25.0. The van der Waals surface area contributed by atoms with Gasteiger partial charge in [0, 0.05) is 42.1 Å². The van der Waals surface area contributed by atoms with Gasteiger partial charge < -0.3 is 9.72 Å². The van der Waals surface area contributed by atoms with Crippen LogP contribution in [-0.4, -0.2) is 43.2 Å². The standard InChI is InChI=1S/C17H20N2O4S/c1-24(21,22)19-7-6-11(9-19)16-8-15-14(10-23-16)12-4-2-3-5-13(12)17(20)18-15/h2-5,11,16H,6-10H2,1H3,(H,18,20). The summed E-state index contributed by atoms with van der Waals surface area (Å²) in [5.74, 6) is 0.169. The first-order valence-electron chi connectivity index (χ1n) is 8.13. The Morgan fingerprint density at radius 2 is 2.00 bits per heavy atom. The number of fused-ring (bicyclic) bond motifs is 3. The third-order valence-corrected chi connectivity index (χ3v) is 6.42. The second-order valence-corrected chi connectivity index (χ2v) is 8.66. The summed E-state index contributed by atoms with van der Waals surface area (Å²) in [4.78, 5) is 15.3. The predicted molar refractivity (Wildman–Crippen MR) is 91.4 cm³/mol. The molecule has 128 valence electrons. The average Bonchev–Trinajstić information content (AvgIpc) is 3.05. The molecule has 6 nitrogen and oxygen atoms in total. The number of hydrogen-bond acceptors (Lipinski definition) is 4. The van der Waals surface area contributed by atoms with E-state index >= 15 is 0 Å². The molecule has 2 unspecified atom stereocenters. The minimum absolute atomic E-state index is 0.0546. The van der Waals surface area contributed by atoms with Gasteiger partial charge in [0.05, 0.1) is 19.0 Å². The van der Waals surface area contributed by atoms with E-state index in [4.69, 9.17) is 4.74 Å². The molecular weight excluding hydrogens is 328 g/mol. The number of ether oxygens (including phenoxy) is 1. The van der Waals surface area contributed by atoms with Crippen LogP contribution in [0.2, 0.25) is 0 Å². The fourth-order valence-corrected chi connectivity index (χ4v) is 4.74. The molecular formula is C17H20N2O4S. The summed E-state index contributed by atoms with van der Waals surface area (Å²) in [7, 11) is -3.15. The van der Waals surface area contributed by atoms with E-state index in [2.05, 4.69) is 4.98 Å². The zero-order valence-electron chi connectivity index (χ0n) is 13.5. The number of hydrogen-bond donors (Lipinski definition) is 1. The fourth-order valence-electron chi connectivity index (χ4n) is 3.84. The first-order valence-corrected chi connectivity index (χ1v) is 9.98. The van der Waals surface area contributed by atoms with Gasteiger partial charge in [0.1, 0.15) is 0 Å². The van der Waals surface area contributed by atoms with Crippen molar-refractivity contribution in [3.8, 4) is 0 Å². The number of rotatable bonds is 2. The first kappa shape index (κ1) is 15.8. The van der Waals surface area contributed by atoms with Crippen LogP contribution in [-0.2, 0) is 27.8 Å². The summed E-state index contributed by atoms with van der Waals surface area (Å²) < 4.78 is 30.9. The number of nitrogens with zero attached hydrogens (tertiary/aromatic N) is 1. The van der Waals surface area contributed by atoms with Crippen molar-refractivity contribution >= 4 is 20.8 Å². The van der Waals surface area contributed by atoms with Crippen molar-refractivity contribution in [2.24, 2.45) is 5.92 Å². The van der Waals surface area contributed by atoms with E-state index in [-0.39, 0.29) is 17.6 Å². The molecule has 2 aromatic rings. The van der Waals surface area contributed by atoms with Gasteiger partial charge in [0.2, 0.25) is 10.0 Å². The highest BCUT2D eigenvalue weighted by atomic mass is 32.2. The van der Waals surface area contributed by atoms with E-state index in [0.717, 1.165) is 23.1 Å². The summed E-state index contributed by atoms with van der Waals surface area (Å²) >= 11 is 0. The first-order chi connectivity index (χ1) is 11.4. The molecule has 0 spiro atoms. The lowest BCUT2D eigenvalue weighted by Crippen LogP contribution is -2.35. The van der Waals surface area contributed by atoms with Crippen LogP contribution in [0.4, 0.5) is 0 Å². The Morgan fingerprint density at radius 1 is 1.25 bits per heavy atom. The highest BCUT2D eigenvalue weighted by Gasteiger charge is 2.36. The molecule has 1 fully saturated rings. The molecule has 1 aromatic carbocycles. The predicted octanol–water partition coefficient (Wildman–Crippen LogP) is 1.25.